The highest BCUT2D eigenvalue weighted by Gasteiger charge is 2.33. The number of benzene rings is 2. The predicted molar refractivity (Wildman–Crippen MR) is 111 cm³/mol. The van der Waals surface area contributed by atoms with Gasteiger partial charge in [-0.3, -0.25) is 9.59 Å². The van der Waals surface area contributed by atoms with Gasteiger partial charge in [0.2, 0.25) is 21.8 Å². The Labute approximate surface area is 174 Å². The summed E-state index contributed by atoms with van der Waals surface area (Å²) in [7, 11) is -3.68. The molecule has 1 unspecified atom stereocenters. The first-order valence-corrected chi connectivity index (χ1v) is 11.0. The number of piperidine rings is 1. The van der Waals surface area contributed by atoms with Crippen LogP contribution in [0.1, 0.15) is 18.4 Å². The second kappa shape index (κ2) is 8.94. The van der Waals surface area contributed by atoms with E-state index in [1.165, 1.54) is 28.6 Å². The van der Waals surface area contributed by atoms with Gasteiger partial charge in [-0.05, 0) is 54.8 Å². The van der Waals surface area contributed by atoms with E-state index in [9.17, 15) is 18.0 Å². The van der Waals surface area contributed by atoms with Gasteiger partial charge in [0.05, 0.1) is 17.2 Å². The fourth-order valence-electron chi connectivity index (χ4n) is 3.28. The molecule has 0 aromatic heterocycles. The summed E-state index contributed by atoms with van der Waals surface area (Å²) in [5.41, 5.74) is 6.51. The van der Waals surface area contributed by atoms with Crippen molar-refractivity contribution in [1.29, 1.82) is 0 Å². The lowest BCUT2D eigenvalue weighted by atomic mass is 9.98. The van der Waals surface area contributed by atoms with E-state index in [1.807, 2.05) is 0 Å². The summed E-state index contributed by atoms with van der Waals surface area (Å²) >= 11 is 5.84. The summed E-state index contributed by atoms with van der Waals surface area (Å²) in [6, 6.07) is 12.8. The molecular weight excluding hydrogens is 414 g/mol. The van der Waals surface area contributed by atoms with Gasteiger partial charge in [-0.25, -0.2) is 8.42 Å². The molecule has 3 N–H and O–H groups in total. The number of hydrogen-bond donors (Lipinski definition) is 2. The number of rotatable bonds is 6. The minimum absolute atomic E-state index is 0.122. The molecule has 0 aliphatic carbocycles. The van der Waals surface area contributed by atoms with Crippen molar-refractivity contribution in [3.63, 3.8) is 0 Å². The second-order valence-corrected chi connectivity index (χ2v) is 9.36. The number of nitrogens with two attached hydrogens (primary N) is 1. The van der Waals surface area contributed by atoms with Crippen LogP contribution in [0.2, 0.25) is 5.02 Å². The molecule has 1 aliphatic heterocycles. The quantitative estimate of drug-likeness (QED) is 0.725. The van der Waals surface area contributed by atoms with Gasteiger partial charge in [0.25, 0.3) is 0 Å². The van der Waals surface area contributed by atoms with Crippen molar-refractivity contribution in [2.24, 2.45) is 11.7 Å². The Morgan fingerprint density at radius 2 is 1.76 bits per heavy atom. The third-order valence-corrected chi connectivity index (χ3v) is 6.94. The van der Waals surface area contributed by atoms with Crippen LogP contribution in [0.15, 0.2) is 53.4 Å². The third-order valence-electron chi connectivity index (χ3n) is 4.81. The SMILES string of the molecule is NC(=O)Cc1ccc(NC(=O)C2CCCN(S(=O)(=O)c3ccc(Cl)cc3)C2)cc1. The van der Waals surface area contributed by atoms with Crippen LogP contribution in [0, 0.1) is 5.92 Å². The van der Waals surface area contributed by atoms with Gasteiger partial charge < -0.3 is 11.1 Å². The first kappa shape index (κ1) is 21.3. The molecule has 0 spiro atoms. The Morgan fingerprint density at radius 1 is 1.10 bits per heavy atom. The maximum absolute atomic E-state index is 12.9. The maximum atomic E-state index is 12.9. The molecule has 1 heterocycles. The van der Waals surface area contributed by atoms with Crippen LogP contribution in [0.3, 0.4) is 0 Å². The number of primary amides is 1. The predicted octanol–water partition coefficient (Wildman–Crippen LogP) is 2.41. The van der Waals surface area contributed by atoms with Gasteiger partial charge in [-0.2, -0.15) is 4.31 Å². The number of nitrogens with one attached hydrogen (secondary N) is 1. The van der Waals surface area contributed by atoms with Crippen LogP contribution < -0.4 is 11.1 Å². The maximum Gasteiger partial charge on any atom is 0.243 e. The number of carbonyl (C=O) groups is 2. The zero-order chi connectivity index (χ0) is 21.0. The molecule has 3 rings (SSSR count). The zero-order valence-electron chi connectivity index (χ0n) is 15.7. The summed E-state index contributed by atoms with van der Waals surface area (Å²) in [6.07, 6.45) is 1.34. The molecule has 2 amide bonds. The van der Waals surface area contributed by atoms with E-state index in [0.29, 0.717) is 30.1 Å². The van der Waals surface area contributed by atoms with E-state index in [1.54, 1.807) is 24.3 Å². The minimum atomic E-state index is -3.68. The van der Waals surface area contributed by atoms with Crippen LogP contribution in [0.4, 0.5) is 5.69 Å². The standard InChI is InChI=1S/C20H22ClN3O4S/c21-16-5-9-18(10-6-16)29(27,28)24-11-1-2-15(13-24)20(26)23-17-7-3-14(4-8-17)12-19(22)25/h3-10,15H,1-2,11-13H2,(H2,22,25)(H,23,26). The Morgan fingerprint density at radius 3 is 2.38 bits per heavy atom. The molecule has 154 valence electrons. The molecule has 1 saturated heterocycles. The normalized spacial score (nSPS) is 17.6. The van der Waals surface area contributed by atoms with Crippen LogP contribution in [-0.4, -0.2) is 37.6 Å². The van der Waals surface area contributed by atoms with Gasteiger partial charge in [0.15, 0.2) is 0 Å². The van der Waals surface area contributed by atoms with Crippen LogP contribution in [0.5, 0.6) is 0 Å². The average molecular weight is 436 g/mol. The number of carbonyl (C=O) groups excluding carboxylic acids is 2. The highest BCUT2D eigenvalue weighted by atomic mass is 35.5. The second-order valence-electron chi connectivity index (χ2n) is 6.99. The van der Waals surface area contributed by atoms with E-state index in [2.05, 4.69) is 5.32 Å². The largest absolute Gasteiger partial charge is 0.369 e. The Kier molecular flexibility index (Phi) is 6.56. The highest BCUT2D eigenvalue weighted by Crippen LogP contribution is 2.25. The van der Waals surface area contributed by atoms with Gasteiger partial charge in [-0.1, -0.05) is 23.7 Å². The van der Waals surface area contributed by atoms with E-state index in [4.69, 9.17) is 17.3 Å². The van der Waals surface area contributed by atoms with Gasteiger partial charge in [0.1, 0.15) is 0 Å². The van der Waals surface area contributed by atoms with Gasteiger partial charge in [-0.15, -0.1) is 0 Å². The lowest BCUT2D eigenvalue weighted by Gasteiger charge is -2.31. The Balaban J connectivity index is 1.66. The summed E-state index contributed by atoms with van der Waals surface area (Å²) in [6.45, 7) is 0.493. The zero-order valence-corrected chi connectivity index (χ0v) is 17.2. The minimum Gasteiger partial charge on any atom is -0.369 e. The lowest BCUT2D eigenvalue weighted by molar-refractivity contribution is -0.121. The Bertz CT molecular complexity index is 991. The molecule has 29 heavy (non-hydrogen) atoms. The van der Waals surface area contributed by atoms with Gasteiger partial charge in [0, 0.05) is 23.8 Å². The van der Waals surface area contributed by atoms with Crippen LogP contribution in [0.25, 0.3) is 0 Å². The summed E-state index contributed by atoms with van der Waals surface area (Å²) in [5, 5.41) is 3.28. The van der Waals surface area contributed by atoms with E-state index < -0.39 is 21.8 Å². The van der Waals surface area contributed by atoms with Crippen molar-refractivity contribution in [3.05, 3.63) is 59.1 Å². The molecule has 7 nitrogen and oxygen atoms in total. The van der Waals surface area contributed by atoms with Crippen LogP contribution in [-0.2, 0) is 26.0 Å². The summed E-state index contributed by atoms with van der Waals surface area (Å²) in [4.78, 5) is 23.8. The molecule has 0 radical (unpaired) electrons. The average Bonchev–Trinajstić information content (AvgIpc) is 2.69. The van der Waals surface area contributed by atoms with Crippen LogP contribution >= 0.6 is 11.6 Å². The van der Waals surface area contributed by atoms with Crippen molar-refractivity contribution in [2.75, 3.05) is 18.4 Å². The topological polar surface area (TPSA) is 110 Å². The number of anilines is 1. The fourth-order valence-corrected chi connectivity index (χ4v) is 4.93. The number of nitrogens with zero attached hydrogens (tertiary/aromatic N) is 1. The molecule has 1 atom stereocenters. The summed E-state index contributed by atoms with van der Waals surface area (Å²) in [5.74, 6) is -1.11. The first-order chi connectivity index (χ1) is 13.8. The van der Waals surface area contributed by atoms with E-state index >= 15 is 0 Å². The van der Waals surface area contributed by atoms with E-state index in [-0.39, 0.29) is 23.8 Å². The van der Waals surface area contributed by atoms with Crippen molar-refractivity contribution in [1.82, 2.24) is 4.31 Å². The smallest absolute Gasteiger partial charge is 0.243 e. The van der Waals surface area contributed by atoms with Crippen molar-refractivity contribution >= 4 is 39.1 Å². The first-order valence-electron chi connectivity index (χ1n) is 9.19. The molecular formula is C20H22ClN3O4S. The number of halogens is 1. The highest BCUT2D eigenvalue weighted by molar-refractivity contribution is 7.89. The summed E-state index contributed by atoms with van der Waals surface area (Å²) < 4.78 is 27.1. The Hall–Kier alpha value is -2.42. The number of hydrogen-bond acceptors (Lipinski definition) is 4. The third kappa shape index (κ3) is 5.35. The number of amides is 2. The van der Waals surface area contributed by atoms with Gasteiger partial charge >= 0.3 is 0 Å². The van der Waals surface area contributed by atoms with Crippen molar-refractivity contribution in [2.45, 2.75) is 24.2 Å². The fraction of sp³-hybridized carbons (Fsp3) is 0.300. The number of sulfonamides is 1. The van der Waals surface area contributed by atoms with Crippen molar-refractivity contribution < 1.29 is 18.0 Å². The molecule has 0 saturated carbocycles. The molecule has 0 bridgehead atoms. The molecule has 2 aromatic carbocycles. The molecule has 1 fully saturated rings. The molecule has 2 aromatic rings. The van der Waals surface area contributed by atoms with Crippen molar-refractivity contribution in [3.8, 4) is 0 Å². The monoisotopic (exact) mass is 435 g/mol. The lowest BCUT2D eigenvalue weighted by Crippen LogP contribution is -2.43. The molecule has 9 heteroatoms. The molecule has 1 aliphatic rings. The van der Waals surface area contributed by atoms with E-state index in [0.717, 1.165) is 5.56 Å².